The quantitative estimate of drug-likeness (QED) is 0.522. The number of aliphatic carboxylic acids is 1. The first-order valence-electron chi connectivity index (χ1n) is 8.64. The molecule has 0 spiro atoms. The van der Waals surface area contributed by atoms with Gasteiger partial charge in [0.05, 0.1) is 16.9 Å². The van der Waals surface area contributed by atoms with Gasteiger partial charge in [-0.15, -0.1) is 0 Å². The molecule has 6 nitrogen and oxygen atoms in total. The average molecular weight is 406 g/mol. The Morgan fingerprint density at radius 1 is 1.33 bits per heavy atom. The van der Waals surface area contributed by atoms with Crippen LogP contribution >= 0.6 is 24.0 Å². The highest BCUT2D eigenvalue weighted by molar-refractivity contribution is 8.26. The molecule has 0 saturated carbocycles. The van der Waals surface area contributed by atoms with Gasteiger partial charge >= 0.3 is 0 Å². The molecule has 0 radical (unpaired) electrons. The lowest BCUT2D eigenvalue weighted by atomic mass is 10.1. The van der Waals surface area contributed by atoms with Gasteiger partial charge in [-0.25, -0.2) is 0 Å². The third-order valence-corrected chi connectivity index (χ3v) is 5.39. The highest BCUT2D eigenvalue weighted by Crippen LogP contribution is 2.32. The highest BCUT2D eigenvalue weighted by atomic mass is 32.2. The Morgan fingerprint density at radius 3 is 2.59 bits per heavy atom. The third-order valence-electron chi connectivity index (χ3n) is 4.02. The number of nitrogens with one attached hydrogen (secondary N) is 1. The Kier molecular flexibility index (Phi) is 7.55. The molecule has 2 rings (SSSR count). The molecule has 8 heteroatoms. The first-order valence-corrected chi connectivity index (χ1v) is 9.86. The van der Waals surface area contributed by atoms with E-state index in [0.717, 1.165) is 29.3 Å². The van der Waals surface area contributed by atoms with Crippen molar-refractivity contribution >= 4 is 52.2 Å². The average Bonchev–Trinajstić information content (AvgIpc) is 2.87. The molecule has 1 aromatic carbocycles. The fourth-order valence-corrected chi connectivity index (χ4v) is 3.75. The van der Waals surface area contributed by atoms with Crippen molar-refractivity contribution in [3.05, 3.63) is 40.3 Å². The predicted octanol–water partition coefficient (Wildman–Crippen LogP) is 1.62. The Bertz CT molecular complexity index is 774. The fraction of sp³-hybridized carbons (Fsp3) is 0.368. The van der Waals surface area contributed by atoms with E-state index in [1.807, 2.05) is 38.1 Å². The molecule has 1 heterocycles. The second-order valence-electron chi connectivity index (χ2n) is 6.26. The number of thioether (sulfide) groups is 1. The lowest BCUT2D eigenvalue weighted by molar-refractivity contribution is -0.308. The Labute approximate surface area is 168 Å². The standard InChI is InChI=1S/C19H22N2O4S2/c1-3-4-5-14(18(24)25)20-16(22)11-21-17(23)15(27-19(21)26)10-13-8-6-12(2)7-9-13/h6-10,14H,3-5,11H2,1-2H3,(H,20,22)(H,24,25)/p-1/b15-10+/t14-/m0/s1. The summed E-state index contributed by atoms with van der Waals surface area (Å²) in [6.45, 7) is 3.59. The summed E-state index contributed by atoms with van der Waals surface area (Å²) in [5.41, 5.74) is 1.98. The van der Waals surface area contributed by atoms with Gasteiger partial charge in [-0.05, 0) is 25.0 Å². The van der Waals surface area contributed by atoms with E-state index in [1.54, 1.807) is 6.08 Å². The van der Waals surface area contributed by atoms with Crippen LogP contribution in [0.3, 0.4) is 0 Å². The van der Waals surface area contributed by atoms with Crippen LogP contribution in [0.1, 0.15) is 37.3 Å². The first-order chi connectivity index (χ1) is 12.8. The van der Waals surface area contributed by atoms with Gasteiger partial charge in [0, 0.05) is 0 Å². The van der Waals surface area contributed by atoms with Crippen LogP contribution in [-0.4, -0.2) is 39.6 Å². The zero-order chi connectivity index (χ0) is 20.0. The monoisotopic (exact) mass is 405 g/mol. The number of rotatable bonds is 8. The van der Waals surface area contributed by atoms with Crippen molar-refractivity contribution in [3.63, 3.8) is 0 Å². The van der Waals surface area contributed by atoms with Crippen LogP contribution < -0.4 is 10.4 Å². The van der Waals surface area contributed by atoms with Crippen molar-refractivity contribution in [2.45, 2.75) is 39.2 Å². The SMILES string of the molecule is CCCC[C@H](NC(=O)CN1C(=O)/C(=C\c2ccc(C)cc2)SC1=S)C(=O)[O-]. The number of carboxylic acid groups (broad SMARTS) is 1. The van der Waals surface area contributed by atoms with E-state index >= 15 is 0 Å². The Balaban J connectivity index is 2.03. The summed E-state index contributed by atoms with van der Waals surface area (Å²) in [7, 11) is 0. The fourth-order valence-electron chi connectivity index (χ4n) is 2.49. The maximum atomic E-state index is 12.6. The van der Waals surface area contributed by atoms with E-state index in [1.165, 1.54) is 4.90 Å². The van der Waals surface area contributed by atoms with Crippen molar-refractivity contribution in [2.75, 3.05) is 6.54 Å². The molecular formula is C19H21N2O4S2-. The number of benzene rings is 1. The number of carboxylic acids is 1. The van der Waals surface area contributed by atoms with E-state index in [-0.39, 0.29) is 23.2 Å². The molecule has 1 fully saturated rings. The minimum Gasteiger partial charge on any atom is -0.548 e. The molecule has 1 atom stereocenters. The maximum Gasteiger partial charge on any atom is 0.266 e. The molecule has 1 N–H and O–H groups in total. The number of amides is 2. The van der Waals surface area contributed by atoms with Gasteiger partial charge < -0.3 is 15.2 Å². The number of carbonyl (C=O) groups excluding carboxylic acids is 3. The van der Waals surface area contributed by atoms with Crippen molar-refractivity contribution < 1.29 is 19.5 Å². The lowest BCUT2D eigenvalue weighted by Crippen LogP contribution is -2.50. The molecule has 0 unspecified atom stereocenters. The summed E-state index contributed by atoms with van der Waals surface area (Å²) >= 11 is 6.33. The normalized spacial score (nSPS) is 16.7. The van der Waals surface area contributed by atoms with Gasteiger partial charge in [-0.1, -0.05) is 73.6 Å². The minimum absolute atomic E-state index is 0.270. The van der Waals surface area contributed by atoms with Crippen molar-refractivity contribution in [2.24, 2.45) is 0 Å². The number of nitrogens with zero attached hydrogens (tertiary/aromatic N) is 1. The van der Waals surface area contributed by atoms with Gasteiger partial charge in [-0.2, -0.15) is 0 Å². The van der Waals surface area contributed by atoms with Crippen LogP contribution in [0.25, 0.3) is 6.08 Å². The number of hydrogen-bond acceptors (Lipinski definition) is 6. The molecule has 144 valence electrons. The second kappa shape index (κ2) is 9.66. The van der Waals surface area contributed by atoms with Crippen molar-refractivity contribution in [1.29, 1.82) is 0 Å². The van der Waals surface area contributed by atoms with Crippen LogP contribution in [0.4, 0.5) is 0 Å². The summed E-state index contributed by atoms with van der Waals surface area (Å²) in [4.78, 5) is 37.5. The Hall–Kier alpha value is -2.19. The number of aryl methyl sites for hydroxylation is 1. The number of carbonyl (C=O) groups is 3. The van der Waals surface area contributed by atoms with Gasteiger partial charge in [0.25, 0.3) is 5.91 Å². The summed E-state index contributed by atoms with van der Waals surface area (Å²) < 4.78 is 0.270. The van der Waals surface area contributed by atoms with Crippen LogP contribution in [-0.2, 0) is 14.4 Å². The van der Waals surface area contributed by atoms with E-state index in [4.69, 9.17) is 12.2 Å². The first kappa shape index (κ1) is 21.1. The van der Waals surface area contributed by atoms with Crippen molar-refractivity contribution in [3.8, 4) is 0 Å². The summed E-state index contributed by atoms with van der Waals surface area (Å²) in [6.07, 6.45) is 3.47. The Morgan fingerprint density at radius 2 is 2.00 bits per heavy atom. The zero-order valence-corrected chi connectivity index (χ0v) is 16.8. The van der Waals surface area contributed by atoms with Crippen LogP contribution in [0, 0.1) is 6.92 Å². The van der Waals surface area contributed by atoms with E-state index < -0.39 is 17.9 Å². The second-order valence-corrected chi connectivity index (χ2v) is 7.94. The minimum atomic E-state index is -1.33. The lowest BCUT2D eigenvalue weighted by Gasteiger charge is -2.21. The molecule has 1 aliphatic rings. The molecule has 0 bridgehead atoms. The van der Waals surface area contributed by atoms with Crippen LogP contribution in [0.15, 0.2) is 29.2 Å². The highest BCUT2D eigenvalue weighted by Gasteiger charge is 2.33. The van der Waals surface area contributed by atoms with Crippen molar-refractivity contribution in [1.82, 2.24) is 10.2 Å². The molecule has 1 saturated heterocycles. The van der Waals surface area contributed by atoms with E-state index in [9.17, 15) is 19.5 Å². The van der Waals surface area contributed by atoms with Crippen LogP contribution in [0.5, 0.6) is 0 Å². The van der Waals surface area contributed by atoms with Gasteiger partial charge in [0.15, 0.2) is 0 Å². The maximum absolute atomic E-state index is 12.6. The predicted molar refractivity (Wildman–Crippen MR) is 108 cm³/mol. The summed E-state index contributed by atoms with van der Waals surface area (Å²) in [5, 5.41) is 13.5. The third kappa shape index (κ3) is 5.90. The summed E-state index contributed by atoms with van der Waals surface area (Å²) in [6, 6.07) is 6.60. The molecule has 1 aromatic rings. The van der Waals surface area contributed by atoms with Gasteiger partial charge in [0.2, 0.25) is 5.91 Å². The van der Waals surface area contributed by atoms with E-state index in [2.05, 4.69) is 5.32 Å². The molecule has 1 aliphatic heterocycles. The number of thiocarbonyl (C=S) groups is 1. The molecule has 2 amide bonds. The molecule has 0 aliphatic carbocycles. The molecular weight excluding hydrogens is 384 g/mol. The topological polar surface area (TPSA) is 89.5 Å². The molecule has 0 aromatic heterocycles. The largest absolute Gasteiger partial charge is 0.548 e. The number of unbranched alkanes of at least 4 members (excludes halogenated alkanes) is 1. The molecule has 27 heavy (non-hydrogen) atoms. The van der Waals surface area contributed by atoms with Gasteiger partial charge in [-0.3, -0.25) is 14.5 Å². The summed E-state index contributed by atoms with van der Waals surface area (Å²) in [5.74, 6) is -2.27. The number of hydrogen-bond donors (Lipinski definition) is 1. The van der Waals surface area contributed by atoms with E-state index in [0.29, 0.717) is 11.3 Å². The smallest absolute Gasteiger partial charge is 0.266 e. The van der Waals surface area contributed by atoms with Gasteiger partial charge in [0.1, 0.15) is 10.9 Å². The van der Waals surface area contributed by atoms with Crippen LogP contribution in [0.2, 0.25) is 0 Å². The zero-order valence-electron chi connectivity index (χ0n) is 15.2.